The van der Waals surface area contributed by atoms with Gasteiger partial charge >= 0.3 is 0 Å². The average Bonchev–Trinajstić information content (AvgIpc) is 2.66. The van der Waals surface area contributed by atoms with Crippen molar-refractivity contribution < 1.29 is 18.1 Å². The molecule has 1 aromatic rings. The Balaban J connectivity index is 2.21. The third-order valence-corrected chi connectivity index (χ3v) is 4.63. The van der Waals surface area contributed by atoms with Crippen LogP contribution >= 0.6 is 22.3 Å². The molecule has 1 unspecified atom stereocenters. The first-order valence-electron chi connectivity index (χ1n) is 5.84. The molecular formula is C11H10Cl2N2O5S. The van der Waals surface area contributed by atoms with E-state index in [0.717, 1.165) is 0 Å². The van der Waals surface area contributed by atoms with Crippen molar-refractivity contribution in [3.05, 3.63) is 33.3 Å². The molecule has 1 heterocycles. The van der Waals surface area contributed by atoms with Gasteiger partial charge in [-0.15, -0.1) is 0 Å². The minimum absolute atomic E-state index is 0.0561. The van der Waals surface area contributed by atoms with E-state index in [-0.39, 0.29) is 35.3 Å². The summed E-state index contributed by atoms with van der Waals surface area (Å²) in [6.07, 6.45) is 0.0561. The van der Waals surface area contributed by atoms with Crippen LogP contribution < -0.4 is 4.90 Å². The lowest BCUT2D eigenvalue weighted by atomic mass is 10.1. The first-order chi connectivity index (χ1) is 9.67. The number of amides is 1. The zero-order valence-corrected chi connectivity index (χ0v) is 12.9. The van der Waals surface area contributed by atoms with Crippen LogP contribution in [0.4, 0.5) is 11.4 Å². The van der Waals surface area contributed by atoms with Crippen LogP contribution in [-0.2, 0) is 13.8 Å². The molecule has 1 atom stereocenters. The third kappa shape index (κ3) is 3.84. The van der Waals surface area contributed by atoms with Crippen LogP contribution in [-0.4, -0.2) is 31.5 Å². The Labute approximate surface area is 130 Å². The van der Waals surface area contributed by atoms with Crippen LogP contribution in [0.15, 0.2) is 18.2 Å². The number of nitrogens with zero attached hydrogens (tertiary/aromatic N) is 2. The van der Waals surface area contributed by atoms with Crippen LogP contribution in [0.2, 0.25) is 5.02 Å². The second-order valence-electron chi connectivity index (χ2n) is 4.67. The Morgan fingerprint density at radius 1 is 1.43 bits per heavy atom. The van der Waals surface area contributed by atoms with Crippen LogP contribution in [0.5, 0.6) is 0 Å². The highest BCUT2D eigenvalue weighted by atomic mass is 35.7. The van der Waals surface area contributed by atoms with Crippen molar-refractivity contribution in [2.75, 3.05) is 17.2 Å². The van der Waals surface area contributed by atoms with E-state index in [1.807, 2.05) is 0 Å². The highest BCUT2D eigenvalue weighted by Gasteiger charge is 2.33. The van der Waals surface area contributed by atoms with Gasteiger partial charge in [0.2, 0.25) is 15.0 Å². The standard InChI is InChI=1S/C11H10Cl2N2O5S/c12-9-4-8(1-2-10(9)15(17)18)14-5-7(3-11(14)16)6-21(13,19)20/h1-2,4,7H,3,5-6H2. The van der Waals surface area contributed by atoms with Crippen LogP contribution in [0.25, 0.3) is 0 Å². The number of hydrogen-bond donors (Lipinski definition) is 0. The molecule has 0 spiro atoms. The van der Waals surface area contributed by atoms with E-state index in [4.69, 9.17) is 22.3 Å². The lowest BCUT2D eigenvalue weighted by molar-refractivity contribution is -0.384. The van der Waals surface area contributed by atoms with Crippen LogP contribution in [0.3, 0.4) is 0 Å². The van der Waals surface area contributed by atoms with Crippen LogP contribution in [0.1, 0.15) is 6.42 Å². The molecule has 7 nitrogen and oxygen atoms in total. The van der Waals surface area contributed by atoms with Gasteiger partial charge in [-0.3, -0.25) is 14.9 Å². The van der Waals surface area contributed by atoms with Gasteiger partial charge in [0.15, 0.2) is 0 Å². The minimum atomic E-state index is -3.68. The molecule has 1 amide bonds. The van der Waals surface area contributed by atoms with Gasteiger partial charge in [0, 0.05) is 41.3 Å². The predicted octanol–water partition coefficient (Wildman–Crippen LogP) is 2.17. The lowest BCUT2D eigenvalue weighted by Gasteiger charge is -2.16. The molecule has 21 heavy (non-hydrogen) atoms. The van der Waals surface area contributed by atoms with Crippen molar-refractivity contribution in [3.63, 3.8) is 0 Å². The molecule has 1 saturated heterocycles. The van der Waals surface area contributed by atoms with Gasteiger partial charge in [0.1, 0.15) is 5.02 Å². The molecule has 1 fully saturated rings. The Morgan fingerprint density at radius 3 is 2.62 bits per heavy atom. The maximum atomic E-state index is 11.9. The van der Waals surface area contributed by atoms with Crippen molar-refractivity contribution >= 4 is 48.6 Å². The van der Waals surface area contributed by atoms with Gasteiger partial charge in [0.25, 0.3) is 5.69 Å². The number of carbonyl (C=O) groups excluding carboxylic acids is 1. The van der Waals surface area contributed by atoms with Gasteiger partial charge < -0.3 is 4.90 Å². The largest absolute Gasteiger partial charge is 0.312 e. The summed E-state index contributed by atoms with van der Waals surface area (Å²) in [4.78, 5) is 23.3. The SMILES string of the molecule is O=C1CC(CS(=O)(=O)Cl)CN1c1ccc([N+](=O)[O-])c(Cl)c1. The van der Waals surface area contributed by atoms with Crippen LogP contribution in [0, 0.1) is 16.0 Å². The Morgan fingerprint density at radius 2 is 2.10 bits per heavy atom. The van der Waals surface area contributed by atoms with E-state index in [1.165, 1.54) is 23.1 Å². The van der Waals surface area contributed by atoms with E-state index >= 15 is 0 Å². The third-order valence-electron chi connectivity index (χ3n) is 3.08. The zero-order valence-electron chi connectivity index (χ0n) is 10.5. The van der Waals surface area contributed by atoms with Gasteiger partial charge in [-0.25, -0.2) is 8.42 Å². The van der Waals surface area contributed by atoms with Crippen molar-refractivity contribution in [3.8, 4) is 0 Å². The summed E-state index contributed by atoms with van der Waals surface area (Å²) >= 11 is 5.80. The minimum Gasteiger partial charge on any atom is -0.312 e. The maximum absolute atomic E-state index is 11.9. The van der Waals surface area contributed by atoms with E-state index in [0.29, 0.717) is 5.69 Å². The quantitative estimate of drug-likeness (QED) is 0.469. The monoisotopic (exact) mass is 352 g/mol. The van der Waals surface area contributed by atoms with Gasteiger partial charge in [0.05, 0.1) is 10.7 Å². The van der Waals surface area contributed by atoms with Crippen molar-refractivity contribution in [2.24, 2.45) is 5.92 Å². The van der Waals surface area contributed by atoms with Crippen molar-refractivity contribution in [2.45, 2.75) is 6.42 Å². The van der Waals surface area contributed by atoms with E-state index in [1.54, 1.807) is 0 Å². The first-order valence-corrected chi connectivity index (χ1v) is 8.69. The fourth-order valence-corrected chi connectivity index (χ4v) is 3.80. The second kappa shape index (κ2) is 5.78. The number of carbonyl (C=O) groups is 1. The molecular weight excluding hydrogens is 343 g/mol. The molecule has 0 radical (unpaired) electrons. The van der Waals surface area contributed by atoms with Gasteiger partial charge in [-0.05, 0) is 12.1 Å². The molecule has 0 aromatic heterocycles. The number of anilines is 1. The summed E-state index contributed by atoms with van der Waals surface area (Å²) in [5.74, 6) is -0.975. The fraction of sp³-hybridized carbons (Fsp3) is 0.364. The molecule has 114 valence electrons. The number of benzene rings is 1. The second-order valence-corrected chi connectivity index (χ2v) is 7.90. The van der Waals surface area contributed by atoms with Crippen molar-refractivity contribution in [1.82, 2.24) is 0 Å². The number of rotatable bonds is 4. The summed E-state index contributed by atoms with van der Waals surface area (Å²) in [7, 11) is 1.50. The fourth-order valence-electron chi connectivity index (χ4n) is 2.24. The number of nitro benzene ring substituents is 1. The number of hydrogen-bond acceptors (Lipinski definition) is 5. The molecule has 0 aliphatic carbocycles. The molecule has 1 aliphatic rings. The average molecular weight is 353 g/mol. The smallest absolute Gasteiger partial charge is 0.288 e. The summed E-state index contributed by atoms with van der Waals surface area (Å²) in [6.45, 7) is 0.179. The van der Waals surface area contributed by atoms with Gasteiger partial charge in [-0.1, -0.05) is 11.6 Å². The Kier molecular flexibility index (Phi) is 4.40. The normalized spacial score (nSPS) is 19.0. The predicted molar refractivity (Wildman–Crippen MR) is 78.2 cm³/mol. The van der Waals surface area contributed by atoms with E-state index in [9.17, 15) is 23.3 Å². The number of halogens is 2. The zero-order chi connectivity index (χ0) is 15.8. The molecule has 10 heteroatoms. The molecule has 2 rings (SSSR count). The maximum Gasteiger partial charge on any atom is 0.288 e. The summed E-state index contributed by atoms with van der Waals surface area (Å²) in [5, 5.41) is 10.6. The molecule has 1 aromatic carbocycles. The lowest BCUT2D eigenvalue weighted by Crippen LogP contribution is -2.25. The first kappa shape index (κ1) is 16.0. The molecule has 0 saturated carbocycles. The summed E-state index contributed by atoms with van der Waals surface area (Å²) in [5.41, 5.74) is 0.136. The summed E-state index contributed by atoms with van der Waals surface area (Å²) < 4.78 is 22.1. The van der Waals surface area contributed by atoms with Gasteiger partial charge in [-0.2, -0.15) is 0 Å². The molecule has 1 aliphatic heterocycles. The molecule has 0 bridgehead atoms. The Bertz CT molecular complexity index is 707. The topological polar surface area (TPSA) is 97.6 Å². The highest BCUT2D eigenvalue weighted by Crippen LogP contribution is 2.32. The van der Waals surface area contributed by atoms with Crippen molar-refractivity contribution in [1.29, 1.82) is 0 Å². The number of nitro groups is 1. The summed E-state index contributed by atoms with van der Waals surface area (Å²) in [6, 6.07) is 3.92. The van der Waals surface area contributed by atoms with E-state index in [2.05, 4.69) is 0 Å². The Hall–Kier alpha value is -1.38. The molecule has 0 N–H and O–H groups in total. The van der Waals surface area contributed by atoms with E-state index < -0.39 is 19.9 Å². The highest BCUT2D eigenvalue weighted by molar-refractivity contribution is 8.13.